The Morgan fingerprint density at radius 1 is 1.13 bits per heavy atom. The van der Waals surface area contributed by atoms with Gasteiger partial charge in [0, 0.05) is 39.4 Å². The molecule has 0 saturated carbocycles. The van der Waals surface area contributed by atoms with Crippen LogP contribution in [0.5, 0.6) is 0 Å². The summed E-state index contributed by atoms with van der Waals surface area (Å²) >= 11 is 0. The van der Waals surface area contributed by atoms with Crippen LogP contribution in [-0.4, -0.2) is 49.0 Å². The fraction of sp³-hybridized carbons (Fsp3) is 0.467. The summed E-state index contributed by atoms with van der Waals surface area (Å²) in [5, 5.41) is 26.1. The summed E-state index contributed by atoms with van der Waals surface area (Å²) in [6.45, 7) is 9.65. The van der Waals surface area contributed by atoms with Gasteiger partial charge in [-0.1, -0.05) is 25.1 Å². The van der Waals surface area contributed by atoms with Crippen molar-refractivity contribution in [1.29, 1.82) is 0 Å². The highest BCUT2D eigenvalue weighted by atomic mass is 16.6. The van der Waals surface area contributed by atoms with E-state index in [0.717, 1.165) is 22.0 Å². The van der Waals surface area contributed by atoms with Gasteiger partial charge in [0.15, 0.2) is 5.60 Å². The van der Waals surface area contributed by atoms with E-state index in [0.29, 0.717) is 41.9 Å². The van der Waals surface area contributed by atoms with Crippen molar-refractivity contribution in [3.8, 4) is 11.4 Å². The van der Waals surface area contributed by atoms with E-state index < -0.39 is 22.6 Å². The van der Waals surface area contributed by atoms with Gasteiger partial charge < -0.3 is 14.4 Å². The van der Waals surface area contributed by atoms with Gasteiger partial charge in [0.05, 0.1) is 35.1 Å². The number of aliphatic hydroxyl groups is 1. The van der Waals surface area contributed by atoms with Crippen molar-refractivity contribution in [2.45, 2.75) is 89.8 Å². The molecule has 3 aliphatic heterocycles. The lowest BCUT2D eigenvalue weighted by Gasteiger charge is -2.48. The second-order valence-corrected chi connectivity index (χ2v) is 12.2. The Morgan fingerprint density at radius 2 is 1.82 bits per heavy atom. The minimum atomic E-state index is -1.87. The van der Waals surface area contributed by atoms with Crippen LogP contribution in [0.15, 0.2) is 40.1 Å². The van der Waals surface area contributed by atoms with Crippen molar-refractivity contribution < 1.29 is 19.8 Å². The first-order chi connectivity index (χ1) is 18.4. The zero-order chi connectivity index (χ0) is 27.9. The number of hydroxylamine groups is 2. The Labute approximate surface area is 226 Å². The molecule has 0 aliphatic carbocycles. The van der Waals surface area contributed by atoms with Crippen LogP contribution in [0.4, 0.5) is 0 Å². The topological polar surface area (TPSA) is 117 Å². The maximum absolute atomic E-state index is 13.6. The molecule has 0 spiro atoms. The highest BCUT2D eigenvalue weighted by molar-refractivity contribution is 6.02. The van der Waals surface area contributed by atoms with E-state index in [9.17, 15) is 19.9 Å². The number of carbonyl (C=O) groups is 1. The number of esters is 1. The average molecular weight is 530 g/mol. The van der Waals surface area contributed by atoms with Gasteiger partial charge >= 0.3 is 5.97 Å². The number of hydrogen-bond donors (Lipinski definition) is 1. The van der Waals surface area contributed by atoms with Crippen LogP contribution in [0.3, 0.4) is 0 Å². The number of nitrogens with zero attached hydrogens (tertiary/aromatic N) is 4. The van der Waals surface area contributed by atoms with E-state index in [4.69, 9.17) is 14.7 Å². The number of benzene rings is 1. The van der Waals surface area contributed by atoms with Crippen LogP contribution in [-0.2, 0) is 33.5 Å². The van der Waals surface area contributed by atoms with Gasteiger partial charge in [0.25, 0.3) is 5.56 Å². The predicted molar refractivity (Wildman–Crippen MR) is 146 cm³/mol. The number of cyclic esters (lactones) is 1. The van der Waals surface area contributed by atoms with Gasteiger partial charge in [-0.2, -0.15) is 0 Å². The lowest BCUT2D eigenvalue weighted by molar-refractivity contribution is -0.288. The monoisotopic (exact) mass is 529 g/mol. The van der Waals surface area contributed by atoms with Gasteiger partial charge in [-0.15, -0.1) is 10.3 Å². The van der Waals surface area contributed by atoms with Gasteiger partial charge in [-0.05, 0) is 59.1 Å². The molecule has 3 aliphatic rings. The molecule has 1 N–H and O–H groups in total. The summed E-state index contributed by atoms with van der Waals surface area (Å²) in [6, 6.07) is 9.48. The SMILES string of the molecule is CC[C@@]1(O)C(=O)OCc2c1cc1n(c2=O)Cc2c-1nc1ccccc1c2C=NC1CC(C)(C)N([O])C(C)(C)C1. The smallest absolute Gasteiger partial charge is 0.343 e. The minimum absolute atomic E-state index is 0.0377. The third kappa shape index (κ3) is 3.78. The van der Waals surface area contributed by atoms with Crippen molar-refractivity contribution in [2.24, 2.45) is 4.99 Å². The largest absolute Gasteiger partial charge is 0.458 e. The number of para-hydroxylation sites is 1. The van der Waals surface area contributed by atoms with Crippen LogP contribution in [0, 0.1) is 0 Å². The van der Waals surface area contributed by atoms with Crippen molar-refractivity contribution in [2.75, 3.05) is 0 Å². The number of aromatic nitrogens is 2. The van der Waals surface area contributed by atoms with E-state index >= 15 is 0 Å². The molecule has 2 aromatic heterocycles. The molecule has 9 heteroatoms. The Kier molecular flexibility index (Phi) is 5.67. The maximum atomic E-state index is 13.6. The molecule has 3 aromatic rings. The number of rotatable bonds is 3. The van der Waals surface area contributed by atoms with Crippen LogP contribution in [0.2, 0.25) is 0 Å². The van der Waals surface area contributed by atoms with Gasteiger partial charge in [0.1, 0.15) is 6.61 Å². The number of aliphatic imine (C=N–C) groups is 1. The molecule has 0 bridgehead atoms. The molecule has 5 heterocycles. The number of carbonyl (C=O) groups excluding carboxylic acids is 1. The lowest BCUT2D eigenvalue weighted by atomic mass is 9.79. The number of pyridine rings is 2. The average Bonchev–Trinajstić information content (AvgIpc) is 3.26. The Balaban J connectivity index is 1.51. The van der Waals surface area contributed by atoms with Gasteiger partial charge in [0.2, 0.25) is 0 Å². The quantitative estimate of drug-likeness (QED) is 0.318. The first kappa shape index (κ1) is 25.9. The first-order valence-corrected chi connectivity index (χ1v) is 13.5. The molecule has 0 amide bonds. The summed E-state index contributed by atoms with van der Waals surface area (Å²) < 4.78 is 6.84. The third-order valence-corrected chi connectivity index (χ3v) is 8.62. The molecular formula is C30H33N4O5. The molecule has 1 aromatic carbocycles. The van der Waals surface area contributed by atoms with E-state index in [2.05, 4.69) is 0 Å². The zero-order valence-corrected chi connectivity index (χ0v) is 22.9. The summed E-state index contributed by atoms with van der Waals surface area (Å²) in [7, 11) is 0. The number of hydrogen-bond acceptors (Lipinski definition) is 7. The summed E-state index contributed by atoms with van der Waals surface area (Å²) in [6.07, 6.45) is 3.24. The third-order valence-electron chi connectivity index (χ3n) is 8.62. The molecule has 9 nitrogen and oxygen atoms in total. The molecular weight excluding hydrogens is 496 g/mol. The van der Waals surface area contributed by atoms with Crippen LogP contribution in [0.25, 0.3) is 22.3 Å². The van der Waals surface area contributed by atoms with Crippen LogP contribution < -0.4 is 5.56 Å². The van der Waals surface area contributed by atoms with Crippen molar-refractivity contribution in [1.82, 2.24) is 14.6 Å². The Morgan fingerprint density at radius 3 is 2.51 bits per heavy atom. The summed E-state index contributed by atoms with van der Waals surface area (Å²) in [5.41, 5.74) is 1.07. The van der Waals surface area contributed by atoms with E-state index in [1.54, 1.807) is 17.6 Å². The number of piperidine rings is 1. The number of ether oxygens (including phenoxy) is 1. The Hall–Kier alpha value is -3.40. The van der Waals surface area contributed by atoms with Crippen molar-refractivity contribution in [3.05, 3.63) is 62.9 Å². The molecule has 1 radical (unpaired) electrons. The summed E-state index contributed by atoms with van der Waals surface area (Å²) in [4.78, 5) is 36.1. The fourth-order valence-corrected chi connectivity index (χ4v) is 6.70. The molecule has 39 heavy (non-hydrogen) atoms. The second-order valence-electron chi connectivity index (χ2n) is 12.2. The minimum Gasteiger partial charge on any atom is -0.458 e. The normalized spacial score (nSPS) is 24.0. The highest BCUT2D eigenvalue weighted by Crippen LogP contribution is 2.41. The standard InChI is InChI=1S/C30H33N4O5/c1-6-30(37)22-11-24-25-20(15-33(24)26(35)21(22)16-39-27(30)36)19(18-9-7-8-10-23(18)32-25)14-31-17-12-28(2,3)34(38)29(4,5)13-17/h7-11,14,17,37H,6,12-13,15-16H2,1-5H3/t30-/m0/s1. The zero-order valence-electron chi connectivity index (χ0n) is 22.9. The second kappa shape index (κ2) is 8.55. The van der Waals surface area contributed by atoms with Crippen LogP contribution in [0.1, 0.15) is 76.1 Å². The maximum Gasteiger partial charge on any atom is 0.343 e. The van der Waals surface area contributed by atoms with E-state index in [-0.39, 0.29) is 24.6 Å². The van der Waals surface area contributed by atoms with Gasteiger partial charge in [-0.3, -0.25) is 9.79 Å². The molecule has 6 rings (SSSR count). The molecule has 1 atom stereocenters. The Bertz CT molecular complexity index is 1600. The van der Waals surface area contributed by atoms with E-state index in [1.807, 2.05) is 58.2 Å². The molecule has 1 saturated heterocycles. The number of fused-ring (bicyclic) bond motifs is 5. The molecule has 0 unspecified atom stereocenters. The summed E-state index contributed by atoms with van der Waals surface area (Å²) in [5.74, 6) is -0.741. The molecule has 1 fully saturated rings. The van der Waals surface area contributed by atoms with Crippen LogP contribution >= 0.6 is 0 Å². The van der Waals surface area contributed by atoms with Gasteiger partial charge in [-0.25, -0.2) is 9.78 Å². The molecule has 203 valence electrons. The predicted octanol–water partition coefficient (Wildman–Crippen LogP) is 3.87. The lowest BCUT2D eigenvalue weighted by Crippen LogP contribution is -2.59. The van der Waals surface area contributed by atoms with Crippen molar-refractivity contribution in [3.63, 3.8) is 0 Å². The van der Waals surface area contributed by atoms with E-state index in [1.165, 1.54) is 5.06 Å². The fourth-order valence-electron chi connectivity index (χ4n) is 6.70. The highest BCUT2D eigenvalue weighted by Gasteiger charge is 2.47. The van der Waals surface area contributed by atoms with Crippen molar-refractivity contribution >= 4 is 23.1 Å². The first-order valence-electron chi connectivity index (χ1n) is 13.5.